The summed E-state index contributed by atoms with van der Waals surface area (Å²) in [5.41, 5.74) is 1.40. The lowest BCUT2D eigenvalue weighted by molar-refractivity contribution is 0.0389. The van der Waals surface area contributed by atoms with Gasteiger partial charge in [-0.25, -0.2) is 0 Å². The van der Waals surface area contributed by atoms with Gasteiger partial charge >= 0.3 is 0 Å². The van der Waals surface area contributed by atoms with Crippen LogP contribution >= 0.6 is 39.9 Å². The van der Waals surface area contributed by atoms with Crippen LogP contribution in [0.25, 0.3) is 0 Å². The second-order valence-electron chi connectivity index (χ2n) is 6.10. The van der Waals surface area contributed by atoms with Crippen molar-refractivity contribution in [3.05, 3.63) is 34.3 Å². The zero-order valence-corrected chi connectivity index (χ0v) is 17.9. The van der Waals surface area contributed by atoms with E-state index in [9.17, 15) is 0 Å². The quantitative estimate of drug-likeness (QED) is 0.364. The maximum Gasteiger partial charge on any atom is 0.191 e. The number of nitrogens with zero attached hydrogens (tertiary/aromatic N) is 2. The Bertz CT molecular complexity index is 534. The summed E-state index contributed by atoms with van der Waals surface area (Å²) in [4.78, 5) is 6.76. The molecule has 1 aliphatic carbocycles. The fourth-order valence-corrected chi connectivity index (χ4v) is 3.22. The van der Waals surface area contributed by atoms with Crippen molar-refractivity contribution in [3.8, 4) is 0 Å². The molecule has 0 amide bonds. The third kappa shape index (κ3) is 5.86. The third-order valence-corrected chi connectivity index (χ3v) is 4.99. The van der Waals surface area contributed by atoms with E-state index in [0.29, 0.717) is 12.0 Å². The lowest BCUT2D eigenvalue weighted by atomic mass is 10.1. The predicted octanol–water partition coefficient (Wildman–Crippen LogP) is 2.42. The molecule has 1 aromatic carbocycles. The van der Waals surface area contributed by atoms with E-state index in [1.165, 1.54) is 12.0 Å². The lowest BCUT2D eigenvalue weighted by Crippen LogP contribution is -2.45. The summed E-state index contributed by atoms with van der Waals surface area (Å²) in [5.74, 6) is 1.50. The van der Waals surface area contributed by atoms with Crippen LogP contribution in [0.3, 0.4) is 0 Å². The molecule has 2 N–H and O–H groups in total. The van der Waals surface area contributed by atoms with Gasteiger partial charge in [-0.2, -0.15) is 0 Å². The summed E-state index contributed by atoms with van der Waals surface area (Å²) in [6.07, 6.45) is 1.17. The highest BCUT2D eigenvalue weighted by Gasteiger charge is 2.38. The van der Waals surface area contributed by atoms with Crippen LogP contribution in [-0.4, -0.2) is 63.3 Å². The first-order valence-corrected chi connectivity index (χ1v) is 9.08. The van der Waals surface area contributed by atoms with Crippen LogP contribution in [0, 0.1) is 0 Å². The second-order valence-corrected chi connectivity index (χ2v) is 7.01. The minimum absolute atomic E-state index is 0. The lowest BCUT2D eigenvalue weighted by Gasteiger charge is -2.26. The summed E-state index contributed by atoms with van der Waals surface area (Å²) >= 11 is 3.49. The molecule has 3 rings (SSSR count). The maximum absolute atomic E-state index is 5.37. The summed E-state index contributed by atoms with van der Waals surface area (Å²) in [6.45, 7) is 5.71. The Morgan fingerprint density at radius 3 is 2.67 bits per heavy atom. The molecule has 2 fully saturated rings. The molecule has 1 saturated carbocycles. The molecule has 5 nitrogen and oxygen atoms in total. The van der Waals surface area contributed by atoms with Crippen LogP contribution < -0.4 is 10.6 Å². The number of aliphatic imine (C=N–C) groups is 1. The molecule has 2 unspecified atom stereocenters. The summed E-state index contributed by atoms with van der Waals surface area (Å²) in [6, 6.07) is 9.11. The monoisotopic (exact) mass is 508 g/mol. The Balaban J connectivity index is 0.00000208. The van der Waals surface area contributed by atoms with Gasteiger partial charge in [0.15, 0.2) is 5.96 Å². The van der Waals surface area contributed by atoms with Crippen LogP contribution in [0.15, 0.2) is 33.7 Å². The largest absolute Gasteiger partial charge is 0.379 e. The van der Waals surface area contributed by atoms with E-state index in [-0.39, 0.29) is 24.0 Å². The minimum Gasteiger partial charge on any atom is -0.379 e. The Kier molecular flexibility index (Phi) is 8.25. The van der Waals surface area contributed by atoms with Crippen molar-refractivity contribution >= 4 is 45.9 Å². The molecule has 1 aromatic rings. The van der Waals surface area contributed by atoms with Crippen molar-refractivity contribution in [2.75, 3.05) is 46.4 Å². The van der Waals surface area contributed by atoms with Gasteiger partial charge in [-0.05, 0) is 24.1 Å². The van der Waals surface area contributed by atoms with Gasteiger partial charge in [-0.15, -0.1) is 24.0 Å². The Morgan fingerprint density at radius 1 is 1.29 bits per heavy atom. The van der Waals surface area contributed by atoms with E-state index in [1.54, 1.807) is 0 Å². The first-order valence-electron chi connectivity index (χ1n) is 8.29. The van der Waals surface area contributed by atoms with Gasteiger partial charge in [-0.3, -0.25) is 9.89 Å². The van der Waals surface area contributed by atoms with Gasteiger partial charge in [0.25, 0.3) is 0 Å². The second kappa shape index (κ2) is 9.94. The van der Waals surface area contributed by atoms with E-state index in [1.807, 2.05) is 7.05 Å². The highest BCUT2D eigenvalue weighted by Crippen LogP contribution is 2.40. The van der Waals surface area contributed by atoms with E-state index in [4.69, 9.17) is 4.74 Å². The van der Waals surface area contributed by atoms with Gasteiger partial charge < -0.3 is 15.4 Å². The van der Waals surface area contributed by atoms with Crippen molar-refractivity contribution in [2.24, 2.45) is 4.99 Å². The molecular weight excluding hydrogens is 483 g/mol. The highest BCUT2D eigenvalue weighted by molar-refractivity contribution is 14.0. The van der Waals surface area contributed by atoms with E-state index < -0.39 is 0 Å². The van der Waals surface area contributed by atoms with Crippen LogP contribution in [-0.2, 0) is 4.74 Å². The van der Waals surface area contributed by atoms with Crippen molar-refractivity contribution in [2.45, 2.75) is 18.4 Å². The number of halogens is 2. The standard InChI is InChI=1S/C17H25BrN4O.HI/c1-19-17(20-6-7-22-8-10-23-11-9-22)21-16-12-15(16)13-2-4-14(18)5-3-13;/h2-5,15-16H,6-12H2,1H3,(H2,19,20,21);1H. The molecule has 0 spiro atoms. The zero-order chi connectivity index (χ0) is 16.1. The van der Waals surface area contributed by atoms with Crippen molar-refractivity contribution < 1.29 is 4.74 Å². The summed E-state index contributed by atoms with van der Waals surface area (Å²) < 4.78 is 6.50. The first-order chi connectivity index (χ1) is 11.3. The third-order valence-electron chi connectivity index (χ3n) is 4.46. The Labute approximate surface area is 169 Å². The molecule has 0 aromatic heterocycles. The molecule has 0 radical (unpaired) electrons. The topological polar surface area (TPSA) is 48.9 Å². The summed E-state index contributed by atoms with van der Waals surface area (Å²) in [5, 5.41) is 6.94. The van der Waals surface area contributed by atoms with Gasteiger partial charge in [0.05, 0.1) is 13.2 Å². The SMILES string of the molecule is CN=C(NCCN1CCOCC1)NC1CC1c1ccc(Br)cc1.I. The van der Waals surface area contributed by atoms with Crippen LogP contribution in [0.5, 0.6) is 0 Å². The average molecular weight is 509 g/mol. The highest BCUT2D eigenvalue weighted by atomic mass is 127. The molecule has 2 aliphatic rings. The number of ether oxygens (including phenoxy) is 1. The fraction of sp³-hybridized carbons (Fsp3) is 0.588. The van der Waals surface area contributed by atoms with E-state index in [2.05, 4.69) is 60.7 Å². The normalized spacial score (nSPS) is 24.2. The van der Waals surface area contributed by atoms with Crippen LogP contribution in [0.4, 0.5) is 0 Å². The smallest absolute Gasteiger partial charge is 0.191 e. The van der Waals surface area contributed by atoms with Gasteiger partial charge in [0.2, 0.25) is 0 Å². The molecule has 134 valence electrons. The summed E-state index contributed by atoms with van der Waals surface area (Å²) in [7, 11) is 1.83. The number of nitrogens with one attached hydrogen (secondary N) is 2. The van der Waals surface area contributed by atoms with Crippen molar-refractivity contribution in [1.82, 2.24) is 15.5 Å². The first kappa shape index (κ1) is 19.9. The van der Waals surface area contributed by atoms with Gasteiger partial charge in [0.1, 0.15) is 0 Å². The van der Waals surface area contributed by atoms with Crippen molar-refractivity contribution in [3.63, 3.8) is 0 Å². The molecule has 7 heteroatoms. The molecule has 24 heavy (non-hydrogen) atoms. The molecule has 2 atom stereocenters. The number of hydrogen-bond donors (Lipinski definition) is 2. The Hall–Kier alpha value is -0.380. The molecule has 1 aliphatic heterocycles. The number of rotatable bonds is 5. The van der Waals surface area contributed by atoms with Crippen LogP contribution in [0.2, 0.25) is 0 Å². The van der Waals surface area contributed by atoms with Crippen molar-refractivity contribution in [1.29, 1.82) is 0 Å². The zero-order valence-electron chi connectivity index (χ0n) is 14.0. The average Bonchev–Trinajstić information content (AvgIpc) is 3.35. The number of hydrogen-bond acceptors (Lipinski definition) is 3. The number of benzene rings is 1. The Morgan fingerprint density at radius 2 is 2.00 bits per heavy atom. The number of guanidine groups is 1. The van der Waals surface area contributed by atoms with E-state index in [0.717, 1.165) is 49.8 Å². The molecule has 0 bridgehead atoms. The molecule has 1 saturated heterocycles. The minimum atomic E-state index is 0. The molecular formula is C17H26BrIN4O. The fourth-order valence-electron chi connectivity index (χ4n) is 2.96. The predicted molar refractivity (Wildman–Crippen MR) is 112 cm³/mol. The van der Waals surface area contributed by atoms with Crippen LogP contribution in [0.1, 0.15) is 17.9 Å². The number of morpholine rings is 1. The van der Waals surface area contributed by atoms with E-state index >= 15 is 0 Å². The van der Waals surface area contributed by atoms with Gasteiger partial charge in [0, 0.05) is 49.7 Å². The van der Waals surface area contributed by atoms with Gasteiger partial charge in [-0.1, -0.05) is 28.1 Å². The molecule has 1 heterocycles. The maximum atomic E-state index is 5.37.